The molecule has 0 unspecified atom stereocenters. The number of hydrazone groups is 1. The van der Waals surface area contributed by atoms with Gasteiger partial charge in [-0.2, -0.15) is 5.10 Å². The standard InChI is InChI=1S/C20H22N2O5/c1-12(2)27-17-8-6-15(10-18(17)24-4)20(23)22-21-13(3)14-5-7-16-19(9-14)26-11-25-16/h5-10,12H,11H2,1-4H3,(H,22,23)/b21-13+. The largest absolute Gasteiger partial charge is 0.493 e. The van der Waals surface area contributed by atoms with Gasteiger partial charge in [-0.05, 0) is 57.2 Å². The van der Waals surface area contributed by atoms with E-state index >= 15 is 0 Å². The molecule has 1 heterocycles. The third-order valence-electron chi connectivity index (χ3n) is 3.90. The van der Waals surface area contributed by atoms with E-state index < -0.39 is 0 Å². The number of amides is 1. The summed E-state index contributed by atoms with van der Waals surface area (Å²) in [6.45, 7) is 5.86. The summed E-state index contributed by atoms with van der Waals surface area (Å²) in [6, 6.07) is 10.5. The zero-order valence-corrected chi connectivity index (χ0v) is 15.7. The molecule has 0 aliphatic carbocycles. The van der Waals surface area contributed by atoms with Crippen molar-refractivity contribution in [1.29, 1.82) is 0 Å². The van der Waals surface area contributed by atoms with E-state index in [0.29, 0.717) is 34.3 Å². The predicted octanol–water partition coefficient (Wildman–Crippen LogP) is 3.37. The second-order valence-electron chi connectivity index (χ2n) is 6.24. The number of carbonyl (C=O) groups is 1. The summed E-state index contributed by atoms with van der Waals surface area (Å²) in [5.74, 6) is 2.10. The lowest BCUT2D eigenvalue weighted by Gasteiger charge is -2.14. The first kappa shape index (κ1) is 18.6. The highest BCUT2D eigenvalue weighted by Crippen LogP contribution is 2.32. The molecule has 142 valence electrons. The van der Waals surface area contributed by atoms with Crippen LogP contribution in [0.4, 0.5) is 0 Å². The zero-order chi connectivity index (χ0) is 19.4. The van der Waals surface area contributed by atoms with Crippen LogP contribution in [0.25, 0.3) is 0 Å². The molecule has 7 nitrogen and oxygen atoms in total. The predicted molar refractivity (Wildman–Crippen MR) is 101 cm³/mol. The van der Waals surface area contributed by atoms with Crippen LogP contribution in [-0.2, 0) is 0 Å². The number of hydrogen-bond acceptors (Lipinski definition) is 6. The highest BCUT2D eigenvalue weighted by Gasteiger charge is 2.15. The van der Waals surface area contributed by atoms with E-state index in [2.05, 4.69) is 10.5 Å². The van der Waals surface area contributed by atoms with Gasteiger partial charge in [-0.25, -0.2) is 5.43 Å². The molecular weight excluding hydrogens is 348 g/mol. The summed E-state index contributed by atoms with van der Waals surface area (Å²) in [5, 5.41) is 4.17. The molecule has 1 aliphatic heterocycles. The van der Waals surface area contributed by atoms with Gasteiger partial charge in [0.15, 0.2) is 23.0 Å². The molecule has 1 amide bonds. The molecule has 0 spiro atoms. The van der Waals surface area contributed by atoms with Crippen molar-refractivity contribution < 1.29 is 23.7 Å². The second kappa shape index (κ2) is 7.99. The SMILES string of the molecule is COc1cc(C(=O)N/N=C(\C)c2ccc3c(c2)OCO3)ccc1OC(C)C. The topological polar surface area (TPSA) is 78.4 Å². The Hall–Kier alpha value is -3.22. The van der Waals surface area contributed by atoms with Gasteiger partial charge < -0.3 is 18.9 Å². The maximum absolute atomic E-state index is 12.4. The first-order chi connectivity index (χ1) is 13.0. The van der Waals surface area contributed by atoms with Crippen molar-refractivity contribution in [2.24, 2.45) is 5.10 Å². The number of nitrogens with one attached hydrogen (secondary N) is 1. The molecule has 2 aromatic rings. The van der Waals surface area contributed by atoms with Crippen LogP contribution in [0.1, 0.15) is 36.7 Å². The lowest BCUT2D eigenvalue weighted by molar-refractivity contribution is 0.0954. The van der Waals surface area contributed by atoms with Gasteiger partial charge in [-0.15, -0.1) is 0 Å². The Bertz CT molecular complexity index is 877. The van der Waals surface area contributed by atoms with E-state index in [4.69, 9.17) is 18.9 Å². The minimum Gasteiger partial charge on any atom is -0.493 e. The van der Waals surface area contributed by atoms with Gasteiger partial charge in [0.2, 0.25) is 6.79 Å². The lowest BCUT2D eigenvalue weighted by atomic mass is 10.1. The first-order valence-electron chi connectivity index (χ1n) is 8.57. The molecular formula is C20H22N2O5. The van der Waals surface area contributed by atoms with Crippen LogP contribution in [0.2, 0.25) is 0 Å². The van der Waals surface area contributed by atoms with Crippen molar-refractivity contribution in [3.05, 3.63) is 47.5 Å². The van der Waals surface area contributed by atoms with E-state index in [1.807, 2.05) is 32.0 Å². The Morgan fingerprint density at radius 2 is 1.81 bits per heavy atom. The Morgan fingerprint density at radius 1 is 1.07 bits per heavy atom. The van der Waals surface area contributed by atoms with Crippen LogP contribution < -0.4 is 24.4 Å². The van der Waals surface area contributed by atoms with Crippen LogP contribution in [0.3, 0.4) is 0 Å². The second-order valence-corrected chi connectivity index (χ2v) is 6.24. The molecule has 1 N–H and O–H groups in total. The van der Waals surface area contributed by atoms with E-state index in [0.717, 1.165) is 5.56 Å². The van der Waals surface area contributed by atoms with E-state index in [-0.39, 0.29) is 18.8 Å². The molecule has 27 heavy (non-hydrogen) atoms. The van der Waals surface area contributed by atoms with E-state index in [1.54, 1.807) is 25.1 Å². The molecule has 0 atom stereocenters. The van der Waals surface area contributed by atoms with Gasteiger partial charge >= 0.3 is 0 Å². The Labute approximate surface area is 157 Å². The van der Waals surface area contributed by atoms with Crippen LogP contribution in [0.15, 0.2) is 41.5 Å². The number of ether oxygens (including phenoxy) is 4. The van der Waals surface area contributed by atoms with Crippen LogP contribution in [0, 0.1) is 0 Å². The Balaban J connectivity index is 1.72. The van der Waals surface area contributed by atoms with Gasteiger partial charge in [0.1, 0.15) is 0 Å². The molecule has 0 saturated carbocycles. The molecule has 2 aromatic carbocycles. The number of benzene rings is 2. The zero-order valence-electron chi connectivity index (χ0n) is 15.7. The minimum atomic E-state index is -0.343. The Kier molecular flexibility index (Phi) is 5.49. The van der Waals surface area contributed by atoms with E-state index in [1.165, 1.54) is 7.11 Å². The van der Waals surface area contributed by atoms with Crippen molar-refractivity contribution in [3.63, 3.8) is 0 Å². The number of fused-ring (bicyclic) bond motifs is 1. The molecule has 3 rings (SSSR count). The molecule has 0 aromatic heterocycles. The van der Waals surface area contributed by atoms with Crippen LogP contribution >= 0.6 is 0 Å². The number of hydrogen-bond donors (Lipinski definition) is 1. The van der Waals surface area contributed by atoms with Gasteiger partial charge in [-0.3, -0.25) is 4.79 Å². The third-order valence-corrected chi connectivity index (χ3v) is 3.90. The van der Waals surface area contributed by atoms with Crippen LogP contribution in [-0.4, -0.2) is 31.6 Å². The number of nitrogens with zero attached hydrogens (tertiary/aromatic N) is 1. The summed E-state index contributed by atoms with van der Waals surface area (Å²) >= 11 is 0. The van der Waals surface area contributed by atoms with Crippen LogP contribution in [0.5, 0.6) is 23.0 Å². The fraction of sp³-hybridized carbons (Fsp3) is 0.300. The number of methoxy groups -OCH3 is 1. The summed E-state index contributed by atoms with van der Waals surface area (Å²) in [4.78, 5) is 12.4. The molecule has 0 radical (unpaired) electrons. The Morgan fingerprint density at radius 3 is 2.56 bits per heavy atom. The summed E-state index contributed by atoms with van der Waals surface area (Å²) in [7, 11) is 1.53. The average molecular weight is 370 g/mol. The fourth-order valence-electron chi connectivity index (χ4n) is 2.55. The van der Waals surface area contributed by atoms with Crippen molar-refractivity contribution in [2.45, 2.75) is 26.9 Å². The first-order valence-corrected chi connectivity index (χ1v) is 8.57. The maximum Gasteiger partial charge on any atom is 0.271 e. The molecule has 0 fully saturated rings. The van der Waals surface area contributed by atoms with E-state index in [9.17, 15) is 4.79 Å². The third kappa shape index (κ3) is 4.31. The van der Waals surface area contributed by atoms with Gasteiger partial charge in [0.25, 0.3) is 5.91 Å². The number of rotatable bonds is 6. The summed E-state index contributed by atoms with van der Waals surface area (Å²) < 4.78 is 21.6. The lowest BCUT2D eigenvalue weighted by Crippen LogP contribution is -2.19. The monoisotopic (exact) mass is 370 g/mol. The number of carbonyl (C=O) groups excluding carboxylic acids is 1. The smallest absolute Gasteiger partial charge is 0.271 e. The molecule has 7 heteroatoms. The van der Waals surface area contributed by atoms with Gasteiger partial charge in [0.05, 0.1) is 18.9 Å². The highest BCUT2D eigenvalue weighted by atomic mass is 16.7. The summed E-state index contributed by atoms with van der Waals surface area (Å²) in [6.07, 6.45) is 0.00697. The fourth-order valence-corrected chi connectivity index (χ4v) is 2.55. The molecule has 0 saturated heterocycles. The quantitative estimate of drug-likeness (QED) is 0.623. The van der Waals surface area contributed by atoms with Gasteiger partial charge in [-0.1, -0.05) is 0 Å². The summed E-state index contributed by atoms with van der Waals surface area (Å²) in [5.41, 5.74) is 4.46. The normalized spacial score (nSPS) is 12.9. The minimum absolute atomic E-state index is 0.00697. The average Bonchev–Trinajstić information content (AvgIpc) is 3.13. The molecule has 0 bridgehead atoms. The van der Waals surface area contributed by atoms with Crippen molar-refractivity contribution >= 4 is 11.6 Å². The molecule has 1 aliphatic rings. The highest BCUT2D eigenvalue weighted by molar-refractivity contribution is 6.01. The van der Waals surface area contributed by atoms with Crippen molar-refractivity contribution in [2.75, 3.05) is 13.9 Å². The van der Waals surface area contributed by atoms with Crippen molar-refractivity contribution in [1.82, 2.24) is 5.43 Å². The maximum atomic E-state index is 12.4. The van der Waals surface area contributed by atoms with Crippen molar-refractivity contribution in [3.8, 4) is 23.0 Å². The van der Waals surface area contributed by atoms with Gasteiger partial charge in [0, 0.05) is 11.1 Å².